The molecule has 1 heterocycles. The summed E-state index contributed by atoms with van der Waals surface area (Å²) >= 11 is 0. The third kappa shape index (κ3) is 4.00. The van der Waals surface area contributed by atoms with Gasteiger partial charge in [0, 0.05) is 19.3 Å². The maximum absolute atomic E-state index is 8.72. The highest BCUT2D eigenvalue weighted by atomic mass is 14.9. The molecule has 0 unspecified atom stereocenters. The van der Waals surface area contributed by atoms with E-state index in [-0.39, 0.29) is 0 Å². The van der Waals surface area contributed by atoms with Gasteiger partial charge in [0.05, 0.1) is 0 Å². The van der Waals surface area contributed by atoms with Gasteiger partial charge in [-0.3, -0.25) is 0 Å². The number of nitriles is 1. The lowest BCUT2D eigenvalue weighted by Crippen LogP contribution is -2.28. The van der Waals surface area contributed by atoms with E-state index in [4.69, 9.17) is 5.26 Å². The van der Waals surface area contributed by atoms with E-state index >= 15 is 0 Å². The van der Waals surface area contributed by atoms with Gasteiger partial charge in [0.25, 0.3) is 0 Å². The van der Waals surface area contributed by atoms with Gasteiger partial charge in [0.2, 0.25) is 0 Å². The highest BCUT2D eigenvalue weighted by molar-refractivity contribution is 5.25. The molecule has 0 radical (unpaired) electrons. The van der Waals surface area contributed by atoms with Crippen LogP contribution in [-0.2, 0) is 6.54 Å². The van der Waals surface area contributed by atoms with Crippen LogP contribution in [0.2, 0.25) is 0 Å². The van der Waals surface area contributed by atoms with Gasteiger partial charge in [-0.25, -0.2) is 4.98 Å². The van der Waals surface area contributed by atoms with Crippen molar-refractivity contribution in [1.29, 1.82) is 5.26 Å². The highest BCUT2D eigenvalue weighted by Crippen LogP contribution is 2.17. The number of nitrogens with zero attached hydrogens (tertiary/aromatic N) is 2. The highest BCUT2D eigenvalue weighted by Gasteiger charge is 2.13. The number of rotatable bonds is 5. The van der Waals surface area contributed by atoms with E-state index < -0.39 is 0 Å². The molecule has 1 rings (SSSR count). The summed E-state index contributed by atoms with van der Waals surface area (Å²) in [6.45, 7) is 8.46. The van der Waals surface area contributed by atoms with Crippen LogP contribution in [0.15, 0.2) is 18.3 Å². The van der Waals surface area contributed by atoms with E-state index in [9.17, 15) is 0 Å². The Morgan fingerprint density at radius 1 is 1.50 bits per heavy atom. The Hall–Kier alpha value is -1.40. The van der Waals surface area contributed by atoms with Crippen molar-refractivity contribution in [3.63, 3.8) is 0 Å². The minimum Gasteiger partial charge on any atom is -0.312 e. The fourth-order valence-corrected chi connectivity index (χ4v) is 1.32. The number of nitrogens with one attached hydrogen (secondary N) is 1. The zero-order chi connectivity index (χ0) is 12.0. The average Bonchev–Trinajstić information content (AvgIpc) is 2.29. The van der Waals surface area contributed by atoms with Crippen molar-refractivity contribution < 1.29 is 0 Å². The van der Waals surface area contributed by atoms with Gasteiger partial charge in [0.1, 0.15) is 11.8 Å². The molecule has 0 atom stereocenters. The molecule has 0 aromatic carbocycles. The van der Waals surface area contributed by atoms with Gasteiger partial charge in [-0.15, -0.1) is 0 Å². The van der Waals surface area contributed by atoms with Crippen molar-refractivity contribution >= 4 is 0 Å². The maximum atomic E-state index is 8.72. The summed E-state index contributed by atoms with van der Waals surface area (Å²) in [6.07, 6.45) is 2.83. The monoisotopic (exact) mass is 217 g/mol. The molecule has 0 spiro atoms. The smallest absolute Gasteiger partial charge is 0.140 e. The summed E-state index contributed by atoms with van der Waals surface area (Å²) < 4.78 is 0. The van der Waals surface area contributed by atoms with E-state index in [0.29, 0.717) is 11.1 Å². The molecule has 3 heteroatoms. The lowest BCUT2D eigenvalue weighted by molar-refractivity contribution is 0.327. The molecule has 0 fully saturated rings. The fraction of sp³-hybridized carbons (Fsp3) is 0.538. The average molecular weight is 217 g/mol. The van der Waals surface area contributed by atoms with Gasteiger partial charge in [-0.2, -0.15) is 5.26 Å². The van der Waals surface area contributed by atoms with Crippen molar-refractivity contribution in [2.75, 3.05) is 6.54 Å². The molecule has 86 valence electrons. The number of hydrogen-bond acceptors (Lipinski definition) is 3. The first kappa shape index (κ1) is 12.7. The van der Waals surface area contributed by atoms with Crippen LogP contribution in [-0.4, -0.2) is 11.5 Å². The molecule has 0 bridgehead atoms. The molecule has 1 aromatic rings. The van der Waals surface area contributed by atoms with Gasteiger partial charge in [-0.1, -0.05) is 20.8 Å². The Morgan fingerprint density at radius 3 is 2.88 bits per heavy atom. The lowest BCUT2D eigenvalue weighted by Gasteiger charge is -2.22. The molecule has 0 saturated heterocycles. The molecule has 0 aliphatic rings. The summed E-state index contributed by atoms with van der Waals surface area (Å²) in [4.78, 5) is 3.94. The maximum Gasteiger partial charge on any atom is 0.140 e. The van der Waals surface area contributed by atoms with E-state index in [1.54, 1.807) is 6.20 Å². The first-order valence-corrected chi connectivity index (χ1v) is 5.63. The van der Waals surface area contributed by atoms with Crippen LogP contribution in [0.1, 0.15) is 38.4 Å². The Labute approximate surface area is 97.5 Å². The van der Waals surface area contributed by atoms with E-state index in [2.05, 4.69) is 31.1 Å². The molecular formula is C13H19N3. The van der Waals surface area contributed by atoms with E-state index in [0.717, 1.165) is 25.1 Å². The normalized spacial score (nSPS) is 11.1. The molecular weight excluding hydrogens is 198 g/mol. The Kier molecular flexibility index (Phi) is 4.45. The fourth-order valence-electron chi connectivity index (χ4n) is 1.32. The topological polar surface area (TPSA) is 48.7 Å². The second-order valence-corrected chi connectivity index (χ2v) is 4.78. The van der Waals surface area contributed by atoms with Gasteiger partial charge < -0.3 is 5.32 Å². The van der Waals surface area contributed by atoms with Crippen molar-refractivity contribution in [3.05, 3.63) is 29.6 Å². The molecule has 0 saturated carbocycles. The van der Waals surface area contributed by atoms with E-state index in [1.807, 2.05) is 18.2 Å². The molecule has 1 aromatic heterocycles. The first-order valence-electron chi connectivity index (χ1n) is 5.63. The first-order chi connectivity index (χ1) is 7.57. The summed E-state index contributed by atoms with van der Waals surface area (Å²) in [5.41, 5.74) is 1.91. The standard InChI is InChI=1S/C13H19N3/c1-4-13(2,3)10-15-9-11-5-6-16-12(7-11)8-14/h5-7,15H,4,9-10H2,1-3H3. The molecule has 0 aliphatic carbocycles. The number of hydrogen-bond donors (Lipinski definition) is 1. The largest absolute Gasteiger partial charge is 0.312 e. The van der Waals surface area contributed by atoms with Crippen molar-refractivity contribution in [2.24, 2.45) is 5.41 Å². The van der Waals surface area contributed by atoms with Crippen LogP contribution in [0, 0.1) is 16.7 Å². The van der Waals surface area contributed by atoms with Crippen LogP contribution in [0.4, 0.5) is 0 Å². The zero-order valence-electron chi connectivity index (χ0n) is 10.2. The van der Waals surface area contributed by atoms with Crippen molar-refractivity contribution in [2.45, 2.75) is 33.7 Å². The third-order valence-electron chi connectivity index (χ3n) is 2.83. The third-order valence-corrected chi connectivity index (χ3v) is 2.83. The minimum atomic E-state index is 0.324. The van der Waals surface area contributed by atoms with E-state index in [1.165, 1.54) is 0 Å². The Morgan fingerprint density at radius 2 is 2.25 bits per heavy atom. The van der Waals surface area contributed by atoms with Gasteiger partial charge in [0.15, 0.2) is 0 Å². The van der Waals surface area contributed by atoms with Crippen LogP contribution < -0.4 is 5.32 Å². The Balaban J connectivity index is 2.46. The molecule has 0 aliphatic heterocycles. The quantitative estimate of drug-likeness (QED) is 0.824. The summed E-state index contributed by atoms with van der Waals surface area (Å²) in [5, 5.41) is 12.1. The second kappa shape index (κ2) is 5.62. The Bertz CT molecular complexity index is 377. The number of pyridine rings is 1. The van der Waals surface area contributed by atoms with Crippen LogP contribution in [0.3, 0.4) is 0 Å². The van der Waals surface area contributed by atoms with Gasteiger partial charge >= 0.3 is 0 Å². The van der Waals surface area contributed by atoms with Crippen molar-refractivity contribution in [3.8, 4) is 6.07 Å². The zero-order valence-corrected chi connectivity index (χ0v) is 10.2. The van der Waals surface area contributed by atoms with Gasteiger partial charge in [-0.05, 0) is 29.5 Å². The molecule has 0 amide bonds. The molecule has 16 heavy (non-hydrogen) atoms. The molecule has 1 N–H and O–H groups in total. The molecule has 3 nitrogen and oxygen atoms in total. The predicted octanol–water partition coefficient (Wildman–Crippen LogP) is 2.48. The van der Waals surface area contributed by atoms with Crippen LogP contribution in [0.25, 0.3) is 0 Å². The summed E-state index contributed by atoms with van der Waals surface area (Å²) in [6, 6.07) is 5.81. The lowest BCUT2D eigenvalue weighted by atomic mass is 9.90. The SMILES string of the molecule is CCC(C)(C)CNCc1ccnc(C#N)c1. The minimum absolute atomic E-state index is 0.324. The number of aromatic nitrogens is 1. The summed E-state index contributed by atoms with van der Waals surface area (Å²) in [7, 11) is 0. The van der Waals surface area contributed by atoms with Crippen LogP contribution >= 0.6 is 0 Å². The van der Waals surface area contributed by atoms with Crippen molar-refractivity contribution in [1.82, 2.24) is 10.3 Å². The van der Waals surface area contributed by atoms with Crippen LogP contribution in [0.5, 0.6) is 0 Å². The second-order valence-electron chi connectivity index (χ2n) is 4.78. The summed E-state index contributed by atoms with van der Waals surface area (Å²) in [5.74, 6) is 0. The predicted molar refractivity (Wildman–Crippen MR) is 64.7 cm³/mol.